The summed E-state index contributed by atoms with van der Waals surface area (Å²) in [5.41, 5.74) is 13.0. The number of hydrogen-bond acceptors (Lipinski definition) is 2. The predicted molar refractivity (Wildman–Crippen MR) is 212 cm³/mol. The molecule has 0 saturated carbocycles. The van der Waals surface area contributed by atoms with E-state index in [9.17, 15) is 5.11 Å². The van der Waals surface area contributed by atoms with Crippen LogP contribution in [0.15, 0.2) is 170 Å². The minimum Gasteiger partial charge on any atom is -0.507 e. The molecular formula is C46H29BN5OPt+. The van der Waals surface area contributed by atoms with Crippen LogP contribution in [-0.2, 0) is 21.1 Å². The summed E-state index contributed by atoms with van der Waals surface area (Å²) in [6.07, 6.45) is 3.65. The first kappa shape index (κ1) is 32.2. The van der Waals surface area contributed by atoms with Crippen molar-refractivity contribution >= 4 is 56.2 Å². The second-order valence-electron chi connectivity index (χ2n) is 13.5. The minimum atomic E-state index is -0.0193. The number of nitrogens with zero attached hydrogens (tertiary/aromatic N) is 5. The Bertz CT molecular complexity index is 3030. The number of aromatic hydroxyl groups is 1. The molecule has 0 aliphatic carbocycles. The van der Waals surface area contributed by atoms with Gasteiger partial charge in [0.2, 0.25) is 0 Å². The Morgan fingerprint density at radius 1 is 0.611 bits per heavy atom. The summed E-state index contributed by atoms with van der Waals surface area (Å²) in [4.78, 5) is 5.42. The van der Waals surface area contributed by atoms with Gasteiger partial charge in [0.1, 0.15) is 11.3 Å². The van der Waals surface area contributed by atoms with Gasteiger partial charge in [0.15, 0.2) is 18.2 Å². The summed E-state index contributed by atoms with van der Waals surface area (Å²) in [6, 6.07) is 62.1. The van der Waals surface area contributed by atoms with Crippen molar-refractivity contribution in [2.45, 2.75) is 0 Å². The smallest absolute Gasteiger partial charge is 0.507 e. The summed E-state index contributed by atoms with van der Waals surface area (Å²) in [5.74, 6) is 0.855. The van der Waals surface area contributed by atoms with Crippen molar-refractivity contribution in [1.82, 2.24) is 18.7 Å². The monoisotopic (exact) mass is 873 g/mol. The molecule has 1 aliphatic heterocycles. The quantitative estimate of drug-likeness (QED) is 0.115. The second kappa shape index (κ2) is 12.6. The molecule has 8 heteroatoms. The number of phenolic OH excluding ortho intramolecular Hbond substituents is 1. The van der Waals surface area contributed by atoms with Gasteiger partial charge in [-0.15, -0.1) is 5.46 Å². The molecule has 10 aromatic rings. The fourth-order valence-electron chi connectivity index (χ4n) is 8.25. The Labute approximate surface area is 326 Å². The van der Waals surface area contributed by atoms with Crippen LogP contribution in [0.4, 0.5) is 0 Å². The Kier molecular flexibility index (Phi) is 7.53. The molecule has 7 aromatic carbocycles. The number of benzene rings is 7. The Hall–Kier alpha value is -6.43. The van der Waals surface area contributed by atoms with Crippen LogP contribution in [0.2, 0.25) is 0 Å². The van der Waals surface area contributed by atoms with Crippen LogP contribution in [0, 0.1) is 12.4 Å². The maximum Gasteiger partial charge on any atom is 2.00 e. The fourth-order valence-corrected chi connectivity index (χ4v) is 8.25. The first-order chi connectivity index (χ1) is 26.2. The molecule has 0 amide bonds. The number of rotatable bonds is 5. The van der Waals surface area contributed by atoms with Gasteiger partial charge >= 0.3 is 21.1 Å². The molecule has 0 bridgehead atoms. The van der Waals surface area contributed by atoms with Gasteiger partial charge in [-0.1, -0.05) is 138 Å². The molecule has 0 spiro atoms. The van der Waals surface area contributed by atoms with Crippen LogP contribution >= 0.6 is 0 Å². The number of phenols is 1. The van der Waals surface area contributed by atoms with E-state index in [1.807, 2.05) is 42.5 Å². The molecule has 1 N–H and O–H groups in total. The van der Waals surface area contributed by atoms with E-state index < -0.39 is 0 Å². The average molecular weight is 874 g/mol. The van der Waals surface area contributed by atoms with Crippen LogP contribution in [-0.4, -0.2) is 30.5 Å². The number of hydrogen-bond donors (Lipinski definition) is 1. The van der Waals surface area contributed by atoms with Crippen molar-refractivity contribution in [2.24, 2.45) is 0 Å². The van der Waals surface area contributed by atoms with E-state index in [-0.39, 0.29) is 33.5 Å². The molecule has 256 valence electrons. The molecule has 0 saturated heterocycles. The molecule has 4 heterocycles. The van der Waals surface area contributed by atoms with Crippen molar-refractivity contribution in [3.63, 3.8) is 0 Å². The first-order valence-corrected chi connectivity index (χ1v) is 17.8. The first-order valence-electron chi connectivity index (χ1n) is 17.8. The third kappa shape index (κ3) is 4.72. The minimum absolute atomic E-state index is 0. The maximum absolute atomic E-state index is 11.2. The third-order valence-corrected chi connectivity index (χ3v) is 10.5. The second-order valence-corrected chi connectivity index (χ2v) is 13.5. The van der Waals surface area contributed by atoms with E-state index >= 15 is 0 Å². The fraction of sp³-hybridized carbons (Fsp3) is 0. The van der Waals surface area contributed by atoms with E-state index in [1.54, 1.807) is 6.07 Å². The molecule has 0 unspecified atom stereocenters. The van der Waals surface area contributed by atoms with Crippen LogP contribution in [0.5, 0.6) is 5.75 Å². The number of aromatic nitrogens is 5. The predicted octanol–water partition coefficient (Wildman–Crippen LogP) is 6.99. The Balaban J connectivity index is 0.00000361. The van der Waals surface area contributed by atoms with E-state index in [1.165, 1.54) is 10.9 Å². The molecular weight excluding hydrogens is 844 g/mol. The van der Waals surface area contributed by atoms with Crippen LogP contribution < -0.4 is 21.0 Å². The van der Waals surface area contributed by atoms with Gasteiger partial charge in [0, 0.05) is 16.6 Å². The SMILES string of the molecule is Oc1ccccc1-c1nc2c(c3cccc4c3n2-c2[c-]c(-n3[c-][n+](-c5ccccc5)c5ccccc53)ccc2B4c2ccccc2)n1-c1ccccc1.[Pt+2]. The van der Waals surface area contributed by atoms with Crippen molar-refractivity contribution < 1.29 is 30.7 Å². The Morgan fingerprint density at radius 3 is 2.11 bits per heavy atom. The van der Waals surface area contributed by atoms with E-state index in [0.29, 0.717) is 11.4 Å². The van der Waals surface area contributed by atoms with Gasteiger partial charge in [0.05, 0.1) is 22.3 Å². The van der Waals surface area contributed by atoms with Gasteiger partial charge in [-0.05, 0) is 42.1 Å². The molecule has 0 radical (unpaired) electrons. The van der Waals surface area contributed by atoms with Gasteiger partial charge in [-0.3, -0.25) is 9.13 Å². The number of imidazole rings is 2. The van der Waals surface area contributed by atoms with Gasteiger partial charge < -0.3 is 14.2 Å². The summed E-state index contributed by atoms with van der Waals surface area (Å²) in [7, 11) is 0. The summed E-state index contributed by atoms with van der Waals surface area (Å²) in [6.45, 7) is -0.0193. The van der Waals surface area contributed by atoms with E-state index in [4.69, 9.17) is 4.98 Å². The third-order valence-electron chi connectivity index (χ3n) is 10.5. The van der Waals surface area contributed by atoms with Crippen LogP contribution in [0.25, 0.3) is 67.2 Å². The zero-order valence-electron chi connectivity index (χ0n) is 28.7. The zero-order chi connectivity index (χ0) is 35.0. The van der Waals surface area contributed by atoms with Crippen molar-refractivity contribution in [1.29, 1.82) is 0 Å². The van der Waals surface area contributed by atoms with Crippen LogP contribution in [0.3, 0.4) is 0 Å². The summed E-state index contributed by atoms with van der Waals surface area (Å²) < 4.78 is 8.69. The maximum atomic E-state index is 11.2. The van der Waals surface area contributed by atoms with Gasteiger partial charge in [0.25, 0.3) is 6.33 Å². The normalized spacial score (nSPS) is 12.0. The summed E-state index contributed by atoms with van der Waals surface area (Å²) in [5, 5.41) is 12.3. The molecule has 0 atom stereocenters. The van der Waals surface area contributed by atoms with Crippen molar-refractivity contribution in [2.75, 3.05) is 0 Å². The largest absolute Gasteiger partial charge is 2.00 e. The van der Waals surface area contributed by atoms with Gasteiger partial charge in [-0.25, -0.2) is 4.98 Å². The average Bonchev–Trinajstić information content (AvgIpc) is 3.90. The molecule has 0 fully saturated rings. The van der Waals surface area contributed by atoms with Gasteiger partial charge in [-0.2, -0.15) is 18.2 Å². The van der Waals surface area contributed by atoms with Crippen molar-refractivity contribution in [3.05, 3.63) is 182 Å². The van der Waals surface area contributed by atoms with Crippen LogP contribution in [0.1, 0.15) is 0 Å². The summed E-state index contributed by atoms with van der Waals surface area (Å²) >= 11 is 0. The molecule has 11 rings (SSSR count). The topological polar surface area (TPSA) is 51.8 Å². The molecule has 54 heavy (non-hydrogen) atoms. The molecule has 1 aliphatic rings. The Morgan fingerprint density at radius 2 is 1.31 bits per heavy atom. The number of fused-ring (bicyclic) bond motifs is 6. The van der Waals surface area contributed by atoms with Crippen molar-refractivity contribution in [3.8, 4) is 39.9 Å². The zero-order valence-corrected chi connectivity index (χ0v) is 31.0. The van der Waals surface area contributed by atoms with E-state index in [2.05, 4.69) is 152 Å². The number of para-hydroxylation sites is 6. The van der Waals surface area contributed by atoms with E-state index in [0.717, 1.165) is 61.3 Å². The molecule has 6 nitrogen and oxygen atoms in total. The standard InChI is InChI=1S/C46H29BN5O.Pt/c53-42-26-13-10-21-35(42)45-48-46-44(51(45)33-19-8-3-9-20-33)36-22-14-23-38-43(36)52(46)41-29-34(27-28-37(41)47(38)31-15-4-1-5-16-31)50-30-49(32-17-6-2-7-18-32)39-24-11-12-25-40(39)50;/h1-28,53H;/q-1;+2. The molecule has 3 aromatic heterocycles.